The maximum atomic E-state index is 13.1. The molecular formula is C27H17N3O. The molecule has 0 fully saturated rings. The molecule has 4 nitrogen and oxygen atoms in total. The zero-order valence-electron chi connectivity index (χ0n) is 16.5. The first kappa shape index (κ1) is 19.6. The Morgan fingerprint density at radius 1 is 0.806 bits per heavy atom. The van der Waals surface area contributed by atoms with Gasteiger partial charge in [0.05, 0.1) is 11.6 Å². The zero-order valence-corrected chi connectivity index (χ0v) is 16.5. The Morgan fingerprint density at radius 2 is 1.58 bits per heavy atom. The van der Waals surface area contributed by atoms with Crippen LogP contribution in [-0.4, -0.2) is 10.9 Å². The first-order valence-corrected chi connectivity index (χ1v) is 9.67. The number of aromatic nitrogens is 1. The van der Waals surface area contributed by atoms with E-state index in [2.05, 4.69) is 28.2 Å². The van der Waals surface area contributed by atoms with E-state index in [4.69, 9.17) is 0 Å². The minimum absolute atomic E-state index is 0.252. The number of nitrogens with zero attached hydrogens (tertiary/aromatic N) is 2. The number of nitriles is 1. The summed E-state index contributed by atoms with van der Waals surface area (Å²) < 4.78 is 0. The molecule has 1 amide bonds. The highest BCUT2D eigenvalue weighted by Gasteiger charge is 2.15. The number of hydrogen-bond donors (Lipinski definition) is 1. The van der Waals surface area contributed by atoms with Gasteiger partial charge in [-0.15, -0.1) is 0 Å². The molecule has 1 heterocycles. The highest BCUT2D eigenvalue weighted by atomic mass is 16.1. The summed E-state index contributed by atoms with van der Waals surface area (Å²) in [6.07, 6.45) is 1.70. The summed E-state index contributed by atoms with van der Waals surface area (Å²) in [5.41, 5.74) is 4.55. The van der Waals surface area contributed by atoms with Gasteiger partial charge in [-0.25, -0.2) is 4.98 Å². The predicted octanol–water partition coefficient (Wildman–Crippen LogP) is 5.27. The smallest absolute Gasteiger partial charge is 0.256 e. The molecule has 0 spiro atoms. The van der Waals surface area contributed by atoms with Crippen LogP contribution in [0.3, 0.4) is 0 Å². The highest BCUT2D eigenvalue weighted by Crippen LogP contribution is 2.27. The van der Waals surface area contributed by atoms with Crippen molar-refractivity contribution in [3.63, 3.8) is 0 Å². The van der Waals surface area contributed by atoms with Crippen molar-refractivity contribution >= 4 is 11.6 Å². The third kappa shape index (κ3) is 4.67. The number of carbonyl (C=O) groups is 1. The Balaban J connectivity index is 1.61. The summed E-state index contributed by atoms with van der Waals surface area (Å²) in [5.74, 6) is 5.83. The maximum Gasteiger partial charge on any atom is 0.256 e. The van der Waals surface area contributed by atoms with E-state index < -0.39 is 0 Å². The van der Waals surface area contributed by atoms with E-state index in [1.807, 2.05) is 78.9 Å². The van der Waals surface area contributed by atoms with Gasteiger partial charge in [0.1, 0.15) is 5.69 Å². The van der Waals surface area contributed by atoms with Crippen molar-refractivity contribution in [1.29, 1.82) is 5.26 Å². The third-order valence-corrected chi connectivity index (χ3v) is 4.63. The van der Waals surface area contributed by atoms with Crippen LogP contribution in [0.2, 0.25) is 0 Å². The summed E-state index contributed by atoms with van der Waals surface area (Å²) in [4.78, 5) is 17.2. The minimum Gasteiger partial charge on any atom is -0.322 e. The van der Waals surface area contributed by atoms with Gasteiger partial charge in [-0.2, -0.15) is 5.26 Å². The average Bonchev–Trinajstić information content (AvgIpc) is 2.83. The molecule has 0 atom stereocenters. The van der Waals surface area contributed by atoms with E-state index in [0.29, 0.717) is 28.1 Å². The lowest BCUT2D eigenvalue weighted by molar-refractivity contribution is 0.102. The van der Waals surface area contributed by atoms with Crippen molar-refractivity contribution in [3.8, 4) is 29.0 Å². The molecule has 31 heavy (non-hydrogen) atoms. The first-order chi connectivity index (χ1) is 15.2. The molecule has 0 bridgehead atoms. The van der Waals surface area contributed by atoms with E-state index in [1.54, 1.807) is 18.3 Å². The number of anilines is 1. The molecular weight excluding hydrogens is 382 g/mol. The molecule has 0 unspecified atom stereocenters. The van der Waals surface area contributed by atoms with Crippen LogP contribution >= 0.6 is 0 Å². The van der Waals surface area contributed by atoms with Crippen molar-refractivity contribution in [2.45, 2.75) is 0 Å². The third-order valence-electron chi connectivity index (χ3n) is 4.63. The molecule has 0 saturated carbocycles. The normalized spacial score (nSPS) is 9.77. The highest BCUT2D eigenvalue weighted by molar-refractivity contribution is 6.09. The van der Waals surface area contributed by atoms with E-state index in [9.17, 15) is 10.1 Å². The lowest BCUT2D eigenvalue weighted by Gasteiger charge is -2.11. The topological polar surface area (TPSA) is 65.8 Å². The molecule has 1 N–H and O–H groups in total. The summed E-state index contributed by atoms with van der Waals surface area (Å²) in [5, 5.41) is 12.4. The molecule has 146 valence electrons. The van der Waals surface area contributed by atoms with Gasteiger partial charge in [0.2, 0.25) is 0 Å². The second-order valence-corrected chi connectivity index (χ2v) is 6.70. The van der Waals surface area contributed by atoms with E-state index >= 15 is 0 Å². The van der Waals surface area contributed by atoms with Gasteiger partial charge in [0.25, 0.3) is 5.91 Å². The predicted molar refractivity (Wildman–Crippen MR) is 121 cm³/mol. The van der Waals surface area contributed by atoms with Crippen LogP contribution in [0, 0.1) is 23.2 Å². The molecule has 0 radical (unpaired) electrons. The number of pyridine rings is 1. The van der Waals surface area contributed by atoms with Gasteiger partial charge in [-0.1, -0.05) is 54.5 Å². The number of rotatable bonds is 3. The van der Waals surface area contributed by atoms with Gasteiger partial charge in [-0.3, -0.25) is 4.79 Å². The largest absolute Gasteiger partial charge is 0.322 e. The number of nitrogens with one attached hydrogen (secondary N) is 1. The van der Waals surface area contributed by atoms with Crippen LogP contribution in [0.4, 0.5) is 5.69 Å². The van der Waals surface area contributed by atoms with Crippen molar-refractivity contribution < 1.29 is 4.79 Å². The second-order valence-electron chi connectivity index (χ2n) is 6.70. The summed E-state index contributed by atoms with van der Waals surface area (Å²) in [6, 6.07) is 29.6. The van der Waals surface area contributed by atoms with Gasteiger partial charge < -0.3 is 5.32 Å². The van der Waals surface area contributed by atoms with Crippen molar-refractivity contribution in [1.82, 2.24) is 4.98 Å². The van der Waals surface area contributed by atoms with Crippen LogP contribution in [0.25, 0.3) is 11.1 Å². The van der Waals surface area contributed by atoms with Crippen molar-refractivity contribution in [2.75, 3.05) is 5.32 Å². The molecule has 4 aromatic rings. The Labute approximate surface area is 180 Å². The molecule has 3 aromatic carbocycles. The van der Waals surface area contributed by atoms with Crippen LogP contribution in [-0.2, 0) is 0 Å². The van der Waals surface area contributed by atoms with Crippen molar-refractivity contribution in [3.05, 3.63) is 120 Å². The van der Waals surface area contributed by atoms with Crippen LogP contribution < -0.4 is 5.32 Å². The summed E-state index contributed by atoms with van der Waals surface area (Å²) >= 11 is 0. The first-order valence-electron chi connectivity index (χ1n) is 9.67. The fraction of sp³-hybridized carbons (Fsp3) is 0. The lowest BCUT2D eigenvalue weighted by Crippen LogP contribution is -2.13. The SMILES string of the molecule is N#Cc1ccccc1-c1ccccc1C(=O)Nc1cccc(C#Cc2ccccn2)c1. The molecule has 4 rings (SSSR count). The number of benzene rings is 3. The van der Waals surface area contributed by atoms with E-state index in [0.717, 1.165) is 11.1 Å². The fourth-order valence-electron chi connectivity index (χ4n) is 3.18. The Kier molecular flexibility index (Phi) is 5.84. The van der Waals surface area contributed by atoms with E-state index in [-0.39, 0.29) is 5.91 Å². The molecule has 0 aliphatic rings. The zero-order chi connectivity index (χ0) is 21.5. The summed E-state index contributed by atoms with van der Waals surface area (Å²) in [7, 11) is 0. The Morgan fingerprint density at radius 3 is 2.39 bits per heavy atom. The van der Waals surface area contributed by atoms with Crippen LogP contribution in [0.15, 0.2) is 97.2 Å². The molecule has 0 aliphatic carbocycles. The molecule has 0 saturated heterocycles. The van der Waals surface area contributed by atoms with E-state index in [1.165, 1.54) is 0 Å². The molecule has 0 aliphatic heterocycles. The summed E-state index contributed by atoms with van der Waals surface area (Å²) in [6.45, 7) is 0. The van der Waals surface area contributed by atoms with Crippen LogP contribution in [0.5, 0.6) is 0 Å². The van der Waals surface area contributed by atoms with Gasteiger partial charge in [0.15, 0.2) is 0 Å². The van der Waals surface area contributed by atoms with Crippen molar-refractivity contribution in [2.24, 2.45) is 0 Å². The number of hydrogen-bond acceptors (Lipinski definition) is 3. The number of amides is 1. The van der Waals surface area contributed by atoms with Gasteiger partial charge in [-0.05, 0) is 53.9 Å². The number of carbonyl (C=O) groups excluding carboxylic acids is 1. The Bertz CT molecular complexity index is 1340. The molecule has 1 aromatic heterocycles. The average molecular weight is 399 g/mol. The quantitative estimate of drug-likeness (QED) is 0.477. The standard InChI is InChI=1S/C27H17N3O/c28-19-21-9-1-2-12-24(21)25-13-3-4-14-26(25)27(31)30-23-11-7-8-20(18-23)15-16-22-10-5-6-17-29-22/h1-14,17-18H,(H,30,31). The monoisotopic (exact) mass is 399 g/mol. The minimum atomic E-state index is -0.252. The second kappa shape index (κ2) is 9.22. The Hall–Kier alpha value is -4.67. The lowest BCUT2D eigenvalue weighted by atomic mass is 9.95. The maximum absolute atomic E-state index is 13.1. The fourth-order valence-corrected chi connectivity index (χ4v) is 3.18. The van der Waals surface area contributed by atoms with Gasteiger partial charge in [0, 0.05) is 28.6 Å². The van der Waals surface area contributed by atoms with Crippen LogP contribution in [0.1, 0.15) is 27.2 Å². The molecule has 4 heteroatoms. The van der Waals surface area contributed by atoms with Gasteiger partial charge >= 0.3 is 0 Å².